The molecule has 0 aliphatic carbocycles. The van der Waals surface area contributed by atoms with Gasteiger partial charge in [-0.2, -0.15) is 5.10 Å². The van der Waals surface area contributed by atoms with Crippen molar-refractivity contribution in [2.75, 3.05) is 32.1 Å². The van der Waals surface area contributed by atoms with Gasteiger partial charge < -0.3 is 9.80 Å². The van der Waals surface area contributed by atoms with Crippen LogP contribution in [0.25, 0.3) is 11.0 Å². The zero-order valence-corrected chi connectivity index (χ0v) is 12.3. The maximum Gasteiger partial charge on any atom is 0.163 e. The number of aromatic nitrogens is 4. The number of likely N-dealkylation sites (N-methyl/N-ethyl adjacent to an activating group) is 1. The number of hydrogen-bond donors (Lipinski definition) is 0. The van der Waals surface area contributed by atoms with Crippen LogP contribution in [0.1, 0.15) is 13.8 Å². The van der Waals surface area contributed by atoms with E-state index in [1.54, 1.807) is 11.0 Å². The van der Waals surface area contributed by atoms with Crippen LogP contribution in [0.2, 0.25) is 0 Å². The topological polar surface area (TPSA) is 50.1 Å². The lowest BCUT2D eigenvalue weighted by Gasteiger charge is -2.29. The Morgan fingerprint density at radius 1 is 1.21 bits per heavy atom. The van der Waals surface area contributed by atoms with Crippen molar-refractivity contribution < 1.29 is 0 Å². The normalized spacial score (nSPS) is 11.7. The Morgan fingerprint density at radius 2 is 1.95 bits per heavy atom. The number of nitrogens with zero attached hydrogens (tertiary/aromatic N) is 6. The standard InChI is InChI=1S/C13H22N6/c1-10(2)19(7-6-17(3)4)13-11-8-16-18(5)12(11)14-9-15-13/h8-10H,6-7H2,1-5H3. The van der Waals surface area contributed by atoms with E-state index in [1.807, 2.05) is 13.2 Å². The van der Waals surface area contributed by atoms with Crippen LogP contribution < -0.4 is 4.90 Å². The number of aryl methyl sites for hydroxylation is 1. The summed E-state index contributed by atoms with van der Waals surface area (Å²) < 4.78 is 1.78. The van der Waals surface area contributed by atoms with Crippen LogP contribution in [0.4, 0.5) is 5.82 Å². The van der Waals surface area contributed by atoms with Gasteiger partial charge in [0.2, 0.25) is 0 Å². The third-order valence-corrected chi connectivity index (χ3v) is 3.19. The van der Waals surface area contributed by atoms with Gasteiger partial charge in [0, 0.05) is 26.2 Å². The fourth-order valence-electron chi connectivity index (χ4n) is 2.09. The lowest BCUT2D eigenvalue weighted by molar-refractivity contribution is 0.408. The van der Waals surface area contributed by atoms with E-state index in [4.69, 9.17) is 0 Å². The number of hydrogen-bond acceptors (Lipinski definition) is 5. The lowest BCUT2D eigenvalue weighted by Crippen LogP contribution is -2.37. The predicted octanol–water partition coefficient (Wildman–Crippen LogP) is 1.14. The maximum absolute atomic E-state index is 4.46. The third-order valence-electron chi connectivity index (χ3n) is 3.19. The second-order valence-electron chi connectivity index (χ2n) is 5.29. The van der Waals surface area contributed by atoms with E-state index in [2.05, 4.69) is 52.8 Å². The van der Waals surface area contributed by atoms with Gasteiger partial charge in [-0.15, -0.1) is 0 Å². The van der Waals surface area contributed by atoms with Crippen LogP contribution in [0, 0.1) is 0 Å². The molecular weight excluding hydrogens is 240 g/mol. The monoisotopic (exact) mass is 262 g/mol. The quantitative estimate of drug-likeness (QED) is 0.809. The molecule has 0 amide bonds. The van der Waals surface area contributed by atoms with Crippen molar-refractivity contribution in [3.8, 4) is 0 Å². The molecule has 2 rings (SSSR count). The zero-order chi connectivity index (χ0) is 14.0. The lowest BCUT2D eigenvalue weighted by atomic mass is 10.2. The second kappa shape index (κ2) is 5.52. The van der Waals surface area contributed by atoms with Crippen LogP contribution in [-0.2, 0) is 7.05 Å². The largest absolute Gasteiger partial charge is 0.352 e. The Balaban J connectivity index is 2.38. The number of rotatable bonds is 5. The molecule has 0 aliphatic rings. The van der Waals surface area contributed by atoms with Crippen molar-refractivity contribution in [3.63, 3.8) is 0 Å². The Morgan fingerprint density at radius 3 is 2.58 bits per heavy atom. The third kappa shape index (κ3) is 2.84. The predicted molar refractivity (Wildman–Crippen MR) is 77.3 cm³/mol. The first-order valence-electron chi connectivity index (χ1n) is 6.54. The smallest absolute Gasteiger partial charge is 0.163 e. The van der Waals surface area contributed by atoms with Crippen LogP contribution in [0.5, 0.6) is 0 Å². The van der Waals surface area contributed by atoms with E-state index < -0.39 is 0 Å². The summed E-state index contributed by atoms with van der Waals surface area (Å²) in [5.74, 6) is 0.968. The molecule has 0 bridgehead atoms. The molecule has 6 heteroatoms. The Labute approximate surface area is 114 Å². The summed E-state index contributed by atoms with van der Waals surface area (Å²) >= 11 is 0. The molecule has 2 heterocycles. The van der Waals surface area contributed by atoms with Crippen LogP contribution in [0.3, 0.4) is 0 Å². The highest BCUT2D eigenvalue weighted by atomic mass is 15.3. The van der Waals surface area contributed by atoms with Crippen molar-refractivity contribution in [1.29, 1.82) is 0 Å². The van der Waals surface area contributed by atoms with E-state index in [9.17, 15) is 0 Å². The fraction of sp³-hybridized carbons (Fsp3) is 0.615. The highest BCUT2D eigenvalue weighted by Crippen LogP contribution is 2.23. The van der Waals surface area contributed by atoms with E-state index >= 15 is 0 Å². The minimum atomic E-state index is 0.387. The van der Waals surface area contributed by atoms with Crippen molar-refractivity contribution in [1.82, 2.24) is 24.6 Å². The molecule has 0 aliphatic heterocycles. The Hall–Kier alpha value is -1.69. The van der Waals surface area contributed by atoms with Gasteiger partial charge in [-0.3, -0.25) is 4.68 Å². The van der Waals surface area contributed by atoms with Crippen molar-refractivity contribution >= 4 is 16.9 Å². The van der Waals surface area contributed by atoms with Gasteiger partial charge in [-0.05, 0) is 27.9 Å². The summed E-state index contributed by atoms with van der Waals surface area (Å²) in [6.45, 7) is 6.29. The molecule has 19 heavy (non-hydrogen) atoms. The van der Waals surface area contributed by atoms with Gasteiger partial charge in [0.15, 0.2) is 5.65 Å². The second-order valence-corrected chi connectivity index (χ2v) is 5.29. The highest BCUT2D eigenvalue weighted by molar-refractivity contribution is 5.86. The van der Waals surface area contributed by atoms with Gasteiger partial charge in [0.05, 0.1) is 11.6 Å². The molecule has 2 aromatic heterocycles. The summed E-state index contributed by atoms with van der Waals surface area (Å²) in [7, 11) is 6.06. The molecule has 0 saturated carbocycles. The Kier molecular flexibility index (Phi) is 3.99. The molecule has 104 valence electrons. The van der Waals surface area contributed by atoms with E-state index in [1.165, 1.54) is 0 Å². The van der Waals surface area contributed by atoms with Crippen LogP contribution in [0.15, 0.2) is 12.5 Å². The first-order chi connectivity index (χ1) is 9.00. The van der Waals surface area contributed by atoms with Crippen molar-refractivity contribution in [2.24, 2.45) is 7.05 Å². The van der Waals surface area contributed by atoms with Crippen LogP contribution >= 0.6 is 0 Å². The summed E-state index contributed by atoms with van der Waals surface area (Å²) in [6, 6.07) is 0.387. The van der Waals surface area contributed by atoms with Gasteiger partial charge >= 0.3 is 0 Å². The van der Waals surface area contributed by atoms with Gasteiger partial charge in [0.1, 0.15) is 12.1 Å². The SMILES string of the molecule is CC(C)N(CCN(C)C)c1ncnc2c1cnn2C. The van der Waals surface area contributed by atoms with Crippen molar-refractivity contribution in [3.05, 3.63) is 12.5 Å². The minimum absolute atomic E-state index is 0.387. The maximum atomic E-state index is 4.46. The molecule has 0 spiro atoms. The first-order valence-corrected chi connectivity index (χ1v) is 6.54. The molecule has 0 unspecified atom stereocenters. The summed E-state index contributed by atoms with van der Waals surface area (Å²) in [5, 5.41) is 5.28. The van der Waals surface area contributed by atoms with Gasteiger partial charge in [0.25, 0.3) is 0 Å². The van der Waals surface area contributed by atoms with Crippen LogP contribution in [-0.4, -0.2) is 57.9 Å². The molecule has 2 aromatic rings. The Bertz CT molecular complexity index is 545. The molecular formula is C13H22N6. The molecule has 0 N–H and O–H groups in total. The average Bonchev–Trinajstić information content (AvgIpc) is 2.72. The molecule has 0 saturated heterocycles. The molecule has 6 nitrogen and oxygen atoms in total. The number of fused-ring (bicyclic) bond motifs is 1. The molecule has 0 aromatic carbocycles. The summed E-state index contributed by atoms with van der Waals surface area (Å²) in [5.41, 5.74) is 0.875. The fourth-order valence-corrected chi connectivity index (χ4v) is 2.09. The summed E-state index contributed by atoms with van der Waals surface area (Å²) in [4.78, 5) is 13.2. The molecule has 0 fully saturated rings. The summed E-state index contributed by atoms with van der Waals surface area (Å²) in [6.07, 6.45) is 3.46. The van der Waals surface area contributed by atoms with E-state index in [-0.39, 0.29) is 0 Å². The van der Waals surface area contributed by atoms with Gasteiger partial charge in [-0.1, -0.05) is 0 Å². The van der Waals surface area contributed by atoms with E-state index in [0.717, 1.165) is 29.9 Å². The first kappa shape index (κ1) is 13.7. The average molecular weight is 262 g/mol. The highest BCUT2D eigenvalue weighted by Gasteiger charge is 2.17. The van der Waals surface area contributed by atoms with Crippen molar-refractivity contribution in [2.45, 2.75) is 19.9 Å². The van der Waals surface area contributed by atoms with E-state index in [0.29, 0.717) is 6.04 Å². The molecule has 0 atom stereocenters. The van der Waals surface area contributed by atoms with Gasteiger partial charge in [-0.25, -0.2) is 9.97 Å². The number of anilines is 1. The zero-order valence-electron chi connectivity index (χ0n) is 12.3. The molecule has 0 radical (unpaired) electrons. The minimum Gasteiger partial charge on any atom is -0.352 e.